The number of nitrogens with one attached hydrogen (secondary N) is 1. The number of methoxy groups -OCH3 is 1. The van der Waals surface area contributed by atoms with Crippen molar-refractivity contribution in [2.45, 2.75) is 11.3 Å². The van der Waals surface area contributed by atoms with Crippen LogP contribution in [0.5, 0.6) is 5.75 Å². The lowest BCUT2D eigenvalue weighted by Crippen LogP contribution is -2.15. The average molecular weight is 483 g/mol. The maximum atomic E-state index is 12.4. The van der Waals surface area contributed by atoms with Crippen LogP contribution in [0.4, 0.5) is 11.4 Å². The Kier molecular flexibility index (Phi) is 7.08. The van der Waals surface area contributed by atoms with E-state index < -0.39 is 4.92 Å². The fourth-order valence-electron chi connectivity index (χ4n) is 2.49. The lowest BCUT2D eigenvalue weighted by Gasteiger charge is -2.10. The number of carbonyl (C=O) groups is 1. The molecule has 8 nitrogen and oxygen atoms in total. The molecule has 0 fully saturated rings. The van der Waals surface area contributed by atoms with Crippen LogP contribution in [0.2, 0.25) is 5.02 Å². The van der Waals surface area contributed by atoms with Gasteiger partial charge in [-0.05, 0) is 49.0 Å². The van der Waals surface area contributed by atoms with E-state index in [1.54, 1.807) is 23.7 Å². The van der Waals surface area contributed by atoms with Gasteiger partial charge < -0.3 is 10.1 Å². The number of carbonyl (C=O) groups excluding carboxylic acids is 1. The first-order valence-electron chi connectivity index (χ1n) is 8.40. The molecule has 0 aliphatic carbocycles. The summed E-state index contributed by atoms with van der Waals surface area (Å²) in [5, 5.41) is 18.9. The molecule has 0 aliphatic rings. The van der Waals surface area contributed by atoms with Gasteiger partial charge in [0.2, 0.25) is 5.91 Å². The number of hydrogen-bond acceptors (Lipinski definition) is 8. The molecule has 0 saturated heterocycles. The second-order valence-corrected chi connectivity index (χ2v) is 9.24. The number of nitrogens with zero attached hydrogens (tertiary/aromatic N) is 3. The number of nitro groups is 1. The van der Waals surface area contributed by atoms with Crippen LogP contribution >= 0.6 is 46.9 Å². The molecule has 0 atom stereocenters. The quantitative estimate of drug-likeness (QED) is 0.212. The zero-order valence-electron chi connectivity index (χ0n) is 15.7. The second kappa shape index (κ2) is 9.56. The molecular weight excluding hydrogens is 468 g/mol. The molecule has 12 heteroatoms. The number of anilines is 1. The molecule has 1 amide bonds. The van der Waals surface area contributed by atoms with Crippen molar-refractivity contribution in [3.63, 3.8) is 0 Å². The lowest BCUT2D eigenvalue weighted by atomic mass is 10.1. The third kappa shape index (κ3) is 5.17. The summed E-state index contributed by atoms with van der Waals surface area (Å²) < 4.78 is 7.86. The van der Waals surface area contributed by atoms with Crippen LogP contribution in [0, 0.1) is 21.0 Å². The molecule has 3 rings (SSSR count). The van der Waals surface area contributed by atoms with Crippen LogP contribution in [0.1, 0.15) is 5.56 Å². The zero-order valence-corrected chi connectivity index (χ0v) is 19.0. The van der Waals surface area contributed by atoms with E-state index in [9.17, 15) is 14.9 Å². The first-order chi connectivity index (χ1) is 14.3. The number of amides is 1. The fourth-order valence-corrected chi connectivity index (χ4v) is 4.78. The van der Waals surface area contributed by atoms with Crippen LogP contribution in [0.25, 0.3) is 5.69 Å². The molecular formula is C18H15ClN4O4S3. The third-order valence-corrected chi connectivity index (χ3v) is 6.54. The topological polar surface area (TPSA) is 99.3 Å². The Bertz CT molecular complexity index is 1160. The van der Waals surface area contributed by atoms with Gasteiger partial charge in [0, 0.05) is 22.8 Å². The van der Waals surface area contributed by atoms with Gasteiger partial charge >= 0.3 is 5.69 Å². The summed E-state index contributed by atoms with van der Waals surface area (Å²) in [5.41, 5.74) is 1.63. The van der Waals surface area contributed by atoms with Crippen molar-refractivity contribution in [3.05, 3.63) is 61.1 Å². The van der Waals surface area contributed by atoms with Gasteiger partial charge in [-0.25, -0.2) is 4.68 Å². The maximum absolute atomic E-state index is 12.4. The highest BCUT2D eigenvalue weighted by molar-refractivity contribution is 8.01. The standard InChI is InChI=1S/C18H15ClN4O4S3/c1-10-7-14(23(25)26)15(27-2)8-13(10)20-16(24)9-29-17-21-22(18(28)30-17)12-5-3-11(19)4-6-12/h3-8H,9H2,1-2H3,(H,20,24). The average Bonchev–Trinajstić information content (AvgIpc) is 3.08. The van der Waals surface area contributed by atoms with Crippen molar-refractivity contribution in [2.75, 3.05) is 18.2 Å². The van der Waals surface area contributed by atoms with E-state index in [-0.39, 0.29) is 23.1 Å². The number of halogens is 1. The molecule has 30 heavy (non-hydrogen) atoms. The van der Waals surface area contributed by atoms with Crippen LogP contribution in [-0.4, -0.2) is 33.5 Å². The van der Waals surface area contributed by atoms with E-state index in [1.807, 2.05) is 12.1 Å². The number of aromatic nitrogens is 2. The van der Waals surface area contributed by atoms with Gasteiger partial charge in [0.05, 0.1) is 23.5 Å². The Morgan fingerprint density at radius 3 is 2.73 bits per heavy atom. The molecule has 0 saturated carbocycles. The van der Waals surface area contributed by atoms with E-state index in [0.717, 1.165) is 5.69 Å². The SMILES string of the molecule is COc1cc(NC(=O)CSc2nn(-c3ccc(Cl)cc3)c(=S)s2)c(C)cc1[N+](=O)[O-]. The first-order valence-corrected chi connectivity index (χ1v) is 11.0. The van der Waals surface area contributed by atoms with E-state index >= 15 is 0 Å². The van der Waals surface area contributed by atoms with Gasteiger partial charge in [-0.1, -0.05) is 34.7 Å². The zero-order chi connectivity index (χ0) is 21.8. The van der Waals surface area contributed by atoms with Crippen molar-refractivity contribution >= 4 is 64.2 Å². The van der Waals surface area contributed by atoms with Gasteiger partial charge in [-0.15, -0.1) is 5.10 Å². The minimum absolute atomic E-state index is 0.0771. The number of nitro benzene ring substituents is 1. The highest BCUT2D eigenvalue weighted by Gasteiger charge is 2.18. The number of benzene rings is 2. The Balaban J connectivity index is 1.68. The molecule has 2 aromatic carbocycles. The van der Waals surface area contributed by atoms with Crippen LogP contribution in [0.3, 0.4) is 0 Å². The highest BCUT2D eigenvalue weighted by Crippen LogP contribution is 2.33. The summed E-state index contributed by atoms with van der Waals surface area (Å²) in [4.78, 5) is 22.9. The van der Waals surface area contributed by atoms with E-state index in [1.165, 1.54) is 42.3 Å². The largest absolute Gasteiger partial charge is 0.490 e. The second-order valence-electron chi connectivity index (χ2n) is 5.96. The predicted molar refractivity (Wildman–Crippen MR) is 121 cm³/mol. The van der Waals surface area contributed by atoms with Crippen molar-refractivity contribution < 1.29 is 14.5 Å². The summed E-state index contributed by atoms with van der Waals surface area (Å²) >= 11 is 13.8. The van der Waals surface area contributed by atoms with Crippen LogP contribution in [0.15, 0.2) is 40.7 Å². The van der Waals surface area contributed by atoms with E-state index in [2.05, 4.69) is 10.4 Å². The van der Waals surface area contributed by atoms with Crippen molar-refractivity contribution in [1.82, 2.24) is 9.78 Å². The number of rotatable bonds is 7. The van der Waals surface area contributed by atoms with E-state index in [0.29, 0.717) is 24.6 Å². The molecule has 3 aromatic rings. The lowest BCUT2D eigenvalue weighted by molar-refractivity contribution is -0.385. The van der Waals surface area contributed by atoms with Gasteiger partial charge in [0.15, 0.2) is 14.0 Å². The number of ether oxygens (including phenoxy) is 1. The molecule has 1 aromatic heterocycles. The fraction of sp³-hybridized carbons (Fsp3) is 0.167. The Morgan fingerprint density at radius 2 is 2.10 bits per heavy atom. The van der Waals surface area contributed by atoms with Gasteiger partial charge in [0.1, 0.15) is 0 Å². The Labute approximate surface area is 190 Å². The number of hydrogen-bond donors (Lipinski definition) is 1. The van der Waals surface area contributed by atoms with Crippen molar-refractivity contribution in [2.24, 2.45) is 0 Å². The molecule has 0 aliphatic heterocycles. The number of aryl methyl sites for hydroxylation is 1. The summed E-state index contributed by atoms with van der Waals surface area (Å²) in [6, 6.07) is 9.92. The monoisotopic (exact) mass is 482 g/mol. The molecule has 0 unspecified atom stereocenters. The summed E-state index contributed by atoms with van der Waals surface area (Å²) in [7, 11) is 1.34. The molecule has 156 valence electrons. The molecule has 0 bridgehead atoms. The Morgan fingerprint density at radius 1 is 1.40 bits per heavy atom. The normalized spacial score (nSPS) is 10.6. The molecule has 0 radical (unpaired) electrons. The van der Waals surface area contributed by atoms with Gasteiger partial charge in [-0.3, -0.25) is 14.9 Å². The first kappa shape index (κ1) is 22.2. The maximum Gasteiger partial charge on any atom is 0.311 e. The third-order valence-electron chi connectivity index (χ3n) is 3.92. The minimum atomic E-state index is -0.530. The smallest absolute Gasteiger partial charge is 0.311 e. The van der Waals surface area contributed by atoms with Crippen LogP contribution in [-0.2, 0) is 4.79 Å². The molecule has 1 N–H and O–H groups in total. The highest BCUT2D eigenvalue weighted by atomic mass is 35.5. The summed E-state index contributed by atoms with van der Waals surface area (Å²) in [6.45, 7) is 1.68. The van der Waals surface area contributed by atoms with Crippen molar-refractivity contribution in [3.8, 4) is 11.4 Å². The summed E-state index contributed by atoms with van der Waals surface area (Å²) in [6.07, 6.45) is 0. The predicted octanol–water partition coefficient (Wildman–Crippen LogP) is 5.27. The van der Waals surface area contributed by atoms with Gasteiger partial charge in [-0.2, -0.15) is 0 Å². The summed E-state index contributed by atoms with van der Waals surface area (Å²) in [5.74, 6) is -0.104. The van der Waals surface area contributed by atoms with Gasteiger partial charge in [0.25, 0.3) is 0 Å². The molecule has 0 spiro atoms. The van der Waals surface area contributed by atoms with Crippen LogP contribution < -0.4 is 10.1 Å². The Hall–Kier alpha value is -2.47. The van der Waals surface area contributed by atoms with Crippen molar-refractivity contribution in [1.29, 1.82) is 0 Å². The number of thioether (sulfide) groups is 1. The molecule has 1 heterocycles. The van der Waals surface area contributed by atoms with E-state index in [4.69, 9.17) is 28.6 Å². The minimum Gasteiger partial charge on any atom is -0.490 e.